The lowest BCUT2D eigenvalue weighted by atomic mass is 10.1. The van der Waals surface area contributed by atoms with E-state index in [9.17, 15) is 14.9 Å². The molecule has 0 saturated carbocycles. The molecule has 0 bridgehead atoms. The summed E-state index contributed by atoms with van der Waals surface area (Å²) >= 11 is 0. The third-order valence-electron chi connectivity index (χ3n) is 4.15. The van der Waals surface area contributed by atoms with Crippen LogP contribution in [0.1, 0.15) is 41.6 Å². The lowest BCUT2D eigenvalue weighted by Crippen LogP contribution is -2.40. The maximum absolute atomic E-state index is 12.2. The molecule has 3 heterocycles. The van der Waals surface area contributed by atoms with E-state index in [0.717, 1.165) is 31.7 Å². The Bertz CT molecular complexity index is 688. The Balaban J connectivity index is 1.66. The Labute approximate surface area is 138 Å². The number of piperidine rings is 1. The van der Waals surface area contributed by atoms with Crippen LogP contribution in [0.15, 0.2) is 39.4 Å². The van der Waals surface area contributed by atoms with Crippen LogP contribution in [-0.4, -0.2) is 35.4 Å². The molecule has 0 aromatic carbocycles. The number of likely N-dealkylation sites (tertiary alicyclic amines) is 1. The van der Waals surface area contributed by atoms with E-state index in [2.05, 4.69) is 10.2 Å². The van der Waals surface area contributed by atoms with Crippen molar-refractivity contribution >= 4 is 11.8 Å². The summed E-state index contributed by atoms with van der Waals surface area (Å²) in [5.74, 6) is -0.198. The molecule has 1 atom stereocenters. The molecule has 1 unspecified atom stereocenters. The maximum atomic E-state index is 12.2. The van der Waals surface area contributed by atoms with Gasteiger partial charge >= 0.3 is 5.88 Å². The summed E-state index contributed by atoms with van der Waals surface area (Å²) in [6.45, 7) is 2.25. The van der Waals surface area contributed by atoms with Crippen molar-refractivity contribution in [2.75, 3.05) is 19.6 Å². The van der Waals surface area contributed by atoms with Crippen LogP contribution in [0, 0.1) is 10.1 Å². The highest BCUT2D eigenvalue weighted by Crippen LogP contribution is 2.24. The first kappa shape index (κ1) is 16.3. The number of nitro groups is 1. The van der Waals surface area contributed by atoms with Crippen molar-refractivity contribution in [3.63, 3.8) is 0 Å². The van der Waals surface area contributed by atoms with E-state index in [4.69, 9.17) is 8.83 Å². The molecule has 1 aliphatic rings. The van der Waals surface area contributed by atoms with Gasteiger partial charge in [-0.1, -0.05) is 6.42 Å². The van der Waals surface area contributed by atoms with E-state index in [1.165, 1.54) is 18.6 Å². The smallest absolute Gasteiger partial charge is 0.433 e. The summed E-state index contributed by atoms with van der Waals surface area (Å²) in [6.07, 6.45) is 5.07. The minimum atomic E-state index is -0.670. The summed E-state index contributed by atoms with van der Waals surface area (Å²) in [4.78, 5) is 24.4. The zero-order valence-corrected chi connectivity index (χ0v) is 13.1. The molecule has 1 aliphatic heterocycles. The fourth-order valence-corrected chi connectivity index (χ4v) is 2.94. The van der Waals surface area contributed by atoms with Crippen LogP contribution in [0.5, 0.6) is 0 Å². The number of amides is 1. The number of nitrogens with one attached hydrogen (secondary N) is 1. The number of nitrogens with zero attached hydrogens (tertiary/aromatic N) is 2. The predicted molar refractivity (Wildman–Crippen MR) is 84.6 cm³/mol. The van der Waals surface area contributed by atoms with Gasteiger partial charge in [-0.3, -0.25) is 19.8 Å². The quantitative estimate of drug-likeness (QED) is 0.644. The second kappa shape index (κ2) is 7.31. The molecule has 1 amide bonds. The van der Waals surface area contributed by atoms with E-state index in [-0.39, 0.29) is 11.8 Å². The first-order chi connectivity index (χ1) is 11.6. The summed E-state index contributed by atoms with van der Waals surface area (Å²) in [5, 5.41) is 13.4. The molecular formula is C16H19N3O5. The van der Waals surface area contributed by atoms with Gasteiger partial charge in [0.25, 0.3) is 5.91 Å². The third-order valence-corrected chi connectivity index (χ3v) is 4.15. The molecule has 0 aliphatic carbocycles. The van der Waals surface area contributed by atoms with Gasteiger partial charge in [-0.2, -0.15) is 0 Å². The Morgan fingerprint density at radius 3 is 2.71 bits per heavy atom. The van der Waals surface area contributed by atoms with Crippen LogP contribution < -0.4 is 5.32 Å². The number of hydrogen-bond donors (Lipinski definition) is 1. The lowest BCUT2D eigenvalue weighted by molar-refractivity contribution is -0.402. The first-order valence-corrected chi connectivity index (χ1v) is 7.95. The standard InChI is InChI=1S/C16H19N3O5/c20-16(14-6-7-15(24-14)19(21)22)17-11-12(13-5-4-10-23-13)18-8-2-1-3-9-18/h4-7,10,12H,1-3,8-9,11H2,(H,17,20). The number of hydrogen-bond acceptors (Lipinski definition) is 6. The van der Waals surface area contributed by atoms with Crippen LogP contribution in [-0.2, 0) is 0 Å². The molecule has 2 aromatic heterocycles. The molecule has 1 N–H and O–H groups in total. The zero-order valence-electron chi connectivity index (χ0n) is 13.1. The Morgan fingerprint density at radius 2 is 2.08 bits per heavy atom. The summed E-state index contributed by atoms with van der Waals surface area (Å²) in [6, 6.07) is 6.13. The SMILES string of the molecule is O=C(NCC(c1ccco1)N1CCCCC1)c1ccc([N+](=O)[O-])o1. The Kier molecular flexibility index (Phi) is 4.95. The molecule has 3 rings (SSSR count). The van der Waals surface area contributed by atoms with Gasteiger partial charge in [0.2, 0.25) is 0 Å². The van der Waals surface area contributed by atoms with Gasteiger partial charge in [0, 0.05) is 6.54 Å². The largest absolute Gasteiger partial charge is 0.468 e. The Hall–Kier alpha value is -2.61. The predicted octanol–water partition coefficient (Wildman–Crippen LogP) is 2.74. The molecular weight excluding hydrogens is 314 g/mol. The average Bonchev–Trinajstić information content (AvgIpc) is 3.28. The van der Waals surface area contributed by atoms with Gasteiger partial charge in [-0.05, 0) is 44.1 Å². The van der Waals surface area contributed by atoms with Crippen molar-refractivity contribution in [2.45, 2.75) is 25.3 Å². The topological polar surface area (TPSA) is 102 Å². The highest BCUT2D eigenvalue weighted by molar-refractivity contribution is 5.91. The van der Waals surface area contributed by atoms with E-state index in [1.54, 1.807) is 6.26 Å². The van der Waals surface area contributed by atoms with Crippen LogP contribution in [0.2, 0.25) is 0 Å². The highest BCUT2D eigenvalue weighted by Gasteiger charge is 2.26. The fraction of sp³-hybridized carbons (Fsp3) is 0.438. The van der Waals surface area contributed by atoms with Crippen molar-refractivity contribution in [3.05, 3.63) is 52.2 Å². The molecule has 128 valence electrons. The van der Waals surface area contributed by atoms with E-state index < -0.39 is 16.7 Å². The van der Waals surface area contributed by atoms with E-state index >= 15 is 0 Å². The molecule has 24 heavy (non-hydrogen) atoms. The van der Waals surface area contributed by atoms with Crippen LogP contribution >= 0.6 is 0 Å². The van der Waals surface area contributed by atoms with Gasteiger partial charge in [0.05, 0.1) is 18.4 Å². The Morgan fingerprint density at radius 1 is 1.29 bits per heavy atom. The second-order valence-corrected chi connectivity index (χ2v) is 5.73. The molecule has 1 saturated heterocycles. The van der Waals surface area contributed by atoms with E-state index in [0.29, 0.717) is 6.54 Å². The number of rotatable bonds is 6. The molecule has 1 fully saturated rings. The average molecular weight is 333 g/mol. The van der Waals surface area contributed by atoms with Gasteiger partial charge in [0.1, 0.15) is 10.7 Å². The van der Waals surface area contributed by atoms with Gasteiger partial charge in [0.15, 0.2) is 5.76 Å². The van der Waals surface area contributed by atoms with Crippen LogP contribution in [0.25, 0.3) is 0 Å². The van der Waals surface area contributed by atoms with Gasteiger partial charge in [-0.25, -0.2) is 0 Å². The van der Waals surface area contributed by atoms with Crippen molar-refractivity contribution < 1.29 is 18.6 Å². The summed E-state index contributed by atoms with van der Waals surface area (Å²) < 4.78 is 10.4. The minimum Gasteiger partial charge on any atom is -0.468 e. The number of carbonyl (C=O) groups is 1. The highest BCUT2D eigenvalue weighted by atomic mass is 16.6. The monoisotopic (exact) mass is 333 g/mol. The molecule has 0 spiro atoms. The van der Waals surface area contributed by atoms with Crippen molar-refractivity contribution in [1.29, 1.82) is 0 Å². The second-order valence-electron chi connectivity index (χ2n) is 5.73. The maximum Gasteiger partial charge on any atom is 0.433 e. The third kappa shape index (κ3) is 3.65. The van der Waals surface area contributed by atoms with Crippen molar-refractivity contribution in [3.8, 4) is 0 Å². The van der Waals surface area contributed by atoms with E-state index in [1.807, 2.05) is 12.1 Å². The summed E-state index contributed by atoms with van der Waals surface area (Å²) in [5.41, 5.74) is 0. The number of carbonyl (C=O) groups excluding carboxylic acids is 1. The van der Waals surface area contributed by atoms with Crippen molar-refractivity contribution in [2.24, 2.45) is 0 Å². The van der Waals surface area contributed by atoms with Crippen molar-refractivity contribution in [1.82, 2.24) is 10.2 Å². The molecule has 0 radical (unpaired) electrons. The lowest BCUT2D eigenvalue weighted by Gasteiger charge is -2.33. The molecule has 8 nitrogen and oxygen atoms in total. The first-order valence-electron chi connectivity index (χ1n) is 7.95. The van der Waals surface area contributed by atoms with Crippen LogP contribution in [0.4, 0.5) is 5.88 Å². The number of furan rings is 2. The fourth-order valence-electron chi connectivity index (χ4n) is 2.94. The normalized spacial score (nSPS) is 16.7. The van der Waals surface area contributed by atoms with Gasteiger partial charge in [-0.15, -0.1) is 0 Å². The summed E-state index contributed by atoms with van der Waals surface area (Å²) in [7, 11) is 0. The molecule has 2 aromatic rings. The minimum absolute atomic E-state index is 0.0609. The van der Waals surface area contributed by atoms with Crippen LogP contribution in [0.3, 0.4) is 0 Å². The zero-order chi connectivity index (χ0) is 16.9. The van der Waals surface area contributed by atoms with Gasteiger partial charge < -0.3 is 14.2 Å². The molecule has 8 heteroatoms.